The zero-order valence-corrected chi connectivity index (χ0v) is 14.5. The lowest BCUT2D eigenvalue weighted by atomic mass is 9.85. The molecule has 0 radical (unpaired) electrons. The summed E-state index contributed by atoms with van der Waals surface area (Å²) in [6.45, 7) is 11.5. The van der Waals surface area contributed by atoms with Crippen LogP contribution in [0.3, 0.4) is 0 Å². The average molecular weight is 329 g/mol. The Morgan fingerprint density at radius 1 is 1.35 bits per heavy atom. The van der Waals surface area contributed by atoms with Crippen LogP contribution in [0.1, 0.15) is 27.7 Å². The van der Waals surface area contributed by atoms with Crippen molar-refractivity contribution in [2.45, 2.75) is 39.3 Å². The van der Waals surface area contributed by atoms with E-state index in [9.17, 15) is 14.7 Å². The first-order chi connectivity index (χ1) is 10.6. The predicted molar refractivity (Wildman–Crippen MR) is 84.0 cm³/mol. The molecule has 1 rings (SSSR count). The molecule has 0 aromatic carbocycles. The van der Waals surface area contributed by atoms with Crippen molar-refractivity contribution in [2.75, 3.05) is 27.1 Å². The lowest BCUT2D eigenvalue weighted by Gasteiger charge is -2.28. The lowest BCUT2D eigenvalue weighted by Crippen LogP contribution is -2.45. The van der Waals surface area contributed by atoms with Crippen molar-refractivity contribution in [3.8, 4) is 0 Å². The molecule has 7 heteroatoms. The van der Waals surface area contributed by atoms with Crippen molar-refractivity contribution >= 4 is 12.1 Å². The number of nitrogens with zero attached hydrogens (tertiary/aromatic N) is 1. The van der Waals surface area contributed by atoms with E-state index >= 15 is 0 Å². The van der Waals surface area contributed by atoms with Gasteiger partial charge in [-0.15, -0.1) is 0 Å². The van der Waals surface area contributed by atoms with Crippen LogP contribution < -0.4 is 0 Å². The number of carboxylic acids is 1. The Morgan fingerprint density at radius 3 is 2.39 bits per heavy atom. The number of rotatable bonds is 6. The Balaban J connectivity index is 2.98. The van der Waals surface area contributed by atoms with E-state index in [0.29, 0.717) is 5.57 Å². The van der Waals surface area contributed by atoms with Crippen molar-refractivity contribution in [3.63, 3.8) is 0 Å². The minimum absolute atomic E-state index is 0.115. The minimum Gasteiger partial charge on any atom is -0.480 e. The highest BCUT2D eigenvalue weighted by Gasteiger charge is 2.49. The molecular weight excluding hydrogens is 302 g/mol. The number of hydrogen-bond acceptors (Lipinski definition) is 5. The smallest absolute Gasteiger partial charge is 0.411 e. The lowest BCUT2D eigenvalue weighted by molar-refractivity contribution is -0.143. The molecule has 1 heterocycles. The van der Waals surface area contributed by atoms with Gasteiger partial charge in [-0.2, -0.15) is 0 Å². The van der Waals surface area contributed by atoms with Gasteiger partial charge >= 0.3 is 12.1 Å². The molecular formula is C16H27NO6. The van der Waals surface area contributed by atoms with Crippen molar-refractivity contribution in [1.29, 1.82) is 0 Å². The molecule has 1 saturated heterocycles. The van der Waals surface area contributed by atoms with Crippen LogP contribution in [0.4, 0.5) is 4.79 Å². The van der Waals surface area contributed by atoms with Gasteiger partial charge in [0.1, 0.15) is 18.4 Å². The maximum atomic E-state index is 12.4. The summed E-state index contributed by atoms with van der Waals surface area (Å²) in [5, 5.41) is 9.58. The first kappa shape index (κ1) is 19.4. The summed E-state index contributed by atoms with van der Waals surface area (Å²) in [4.78, 5) is 25.3. The van der Waals surface area contributed by atoms with Crippen molar-refractivity contribution < 1.29 is 28.9 Å². The van der Waals surface area contributed by atoms with Gasteiger partial charge in [0, 0.05) is 25.5 Å². The average Bonchev–Trinajstić information content (AvgIpc) is 2.77. The van der Waals surface area contributed by atoms with Crippen LogP contribution in [0.25, 0.3) is 0 Å². The number of hydrogen-bond donors (Lipinski definition) is 1. The largest absolute Gasteiger partial charge is 0.480 e. The molecule has 0 aromatic rings. The fourth-order valence-electron chi connectivity index (χ4n) is 2.84. The topological polar surface area (TPSA) is 85.3 Å². The van der Waals surface area contributed by atoms with Crippen molar-refractivity contribution in [2.24, 2.45) is 11.8 Å². The monoisotopic (exact) mass is 329 g/mol. The molecule has 0 bridgehead atoms. The number of methoxy groups -OCH3 is 1. The number of likely N-dealkylation sites (tertiary alicyclic amines) is 1. The number of carbonyl (C=O) groups excluding carboxylic acids is 1. The standard InChI is InChI=1S/C16H27NO6/c1-10(2)12-11(8-22-9-21-6)7-17(13(12)14(18)19)15(20)23-16(3,4)5/h11-13H,1,7-9H2,2-6H3,(H,18,19)/t11-,12+,13+/m0/s1. The van der Waals surface area contributed by atoms with Crippen LogP contribution in [-0.4, -0.2) is 60.8 Å². The predicted octanol–water partition coefficient (Wildman–Crippen LogP) is 2.12. The van der Waals surface area contributed by atoms with Crippen molar-refractivity contribution in [1.82, 2.24) is 4.90 Å². The molecule has 132 valence electrons. The van der Waals surface area contributed by atoms with E-state index in [4.69, 9.17) is 14.2 Å². The molecule has 1 amide bonds. The zero-order valence-electron chi connectivity index (χ0n) is 14.5. The van der Waals surface area contributed by atoms with Crippen LogP contribution >= 0.6 is 0 Å². The maximum Gasteiger partial charge on any atom is 0.411 e. The van der Waals surface area contributed by atoms with Gasteiger partial charge in [-0.1, -0.05) is 12.2 Å². The van der Waals surface area contributed by atoms with Gasteiger partial charge in [0.2, 0.25) is 0 Å². The molecule has 0 saturated carbocycles. The SMILES string of the molecule is C=C(C)[C@@H]1[C@H](COCOC)CN(C(=O)OC(C)(C)C)[C@H]1C(=O)O. The molecule has 3 atom stereocenters. The summed E-state index contributed by atoms with van der Waals surface area (Å²) < 4.78 is 15.5. The van der Waals surface area contributed by atoms with Gasteiger partial charge in [0.25, 0.3) is 0 Å². The highest BCUT2D eigenvalue weighted by atomic mass is 16.7. The molecule has 1 aliphatic rings. The quantitative estimate of drug-likeness (QED) is 0.456. The normalized spacial score (nSPS) is 24.6. The summed E-state index contributed by atoms with van der Waals surface area (Å²) in [7, 11) is 1.51. The second-order valence-electron chi connectivity index (χ2n) is 6.83. The van der Waals surface area contributed by atoms with Gasteiger partial charge in [-0.3, -0.25) is 4.90 Å². The van der Waals surface area contributed by atoms with Gasteiger partial charge in [0.05, 0.1) is 6.61 Å². The highest BCUT2D eigenvalue weighted by Crippen LogP contribution is 2.36. The second-order valence-corrected chi connectivity index (χ2v) is 6.83. The number of carboxylic acid groups (broad SMARTS) is 1. The fourth-order valence-corrected chi connectivity index (χ4v) is 2.84. The maximum absolute atomic E-state index is 12.4. The van der Waals surface area contributed by atoms with E-state index in [1.165, 1.54) is 12.0 Å². The van der Waals surface area contributed by atoms with Gasteiger partial charge in [-0.25, -0.2) is 9.59 Å². The molecule has 1 N–H and O–H groups in total. The summed E-state index contributed by atoms with van der Waals surface area (Å²) in [5.41, 5.74) is 0.0122. The highest BCUT2D eigenvalue weighted by molar-refractivity contribution is 5.82. The van der Waals surface area contributed by atoms with Crippen LogP contribution in [0, 0.1) is 11.8 Å². The zero-order chi connectivity index (χ0) is 17.8. The van der Waals surface area contributed by atoms with E-state index in [0.717, 1.165) is 0 Å². The molecule has 0 unspecified atom stereocenters. The fraction of sp³-hybridized carbons (Fsp3) is 0.750. The molecule has 23 heavy (non-hydrogen) atoms. The van der Waals surface area contributed by atoms with E-state index in [2.05, 4.69) is 6.58 Å². The summed E-state index contributed by atoms with van der Waals surface area (Å²) in [6, 6.07) is -1.00. The molecule has 1 fully saturated rings. The van der Waals surface area contributed by atoms with Gasteiger partial charge in [0.15, 0.2) is 0 Å². The Bertz CT molecular complexity index is 456. The Kier molecular flexibility index (Phi) is 6.58. The van der Waals surface area contributed by atoms with E-state index in [1.54, 1.807) is 27.7 Å². The third-order valence-electron chi connectivity index (χ3n) is 3.60. The van der Waals surface area contributed by atoms with Crippen molar-refractivity contribution in [3.05, 3.63) is 12.2 Å². The van der Waals surface area contributed by atoms with E-state index < -0.39 is 29.6 Å². The minimum atomic E-state index is -1.07. The summed E-state index contributed by atoms with van der Waals surface area (Å²) >= 11 is 0. The third-order valence-corrected chi connectivity index (χ3v) is 3.60. The number of amides is 1. The summed E-state index contributed by atoms with van der Waals surface area (Å²) in [6.07, 6.45) is -0.634. The number of carbonyl (C=O) groups is 2. The molecule has 0 aliphatic carbocycles. The molecule has 0 spiro atoms. The second kappa shape index (κ2) is 7.79. The Hall–Kier alpha value is -1.60. The number of aliphatic carboxylic acids is 1. The number of ether oxygens (including phenoxy) is 3. The van der Waals surface area contributed by atoms with Gasteiger partial charge in [-0.05, 0) is 27.7 Å². The van der Waals surface area contributed by atoms with Crippen LogP contribution in [0.5, 0.6) is 0 Å². The van der Waals surface area contributed by atoms with Crippen LogP contribution in [-0.2, 0) is 19.0 Å². The van der Waals surface area contributed by atoms with E-state index in [1.807, 2.05) is 0 Å². The molecule has 1 aliphatic heterocycles. The van der Waals surface area contributed by atoms with E-state index in [-0.39, 0.29) is 25.9 Å². The third kappa shape index (κ3) is 5.21. The first-order valence-corrected chi connectivity index (χ1v) is 7.53. The molecule has 0 aromatic heterocycles. The van der Waals surface area contributed by atoms with Crippen LogP contribution in [0.2, 0.25) is 0 Å². The molecule has 7 nitrogen and oxygen atoms in total. The first-order valence-electron chi connectivity index (χ1n) is 7.53. The Morgan fingerprint density at radius 2 is 1.96 bits per heavy atom. The summed E-state index contributed by atoms with van der Waals surface area (Å²) in [5.74, 6) is -1.63. The van der Waals surface area contributed by atoms with Gasteiger partial charge < -0.3 is 19.3 Å². The Labute approximate surface area is 137 Å². The van der Waals surface area contributed by atoms with Crippen LogP contribution in [0.15, 0.2) is 12.2 Å².